The summed E-state index contributed by atoms with van der Waals surface area (Å²) in [5.74, 6) is -0.341. The molecule has 184 valence electrons. The molecule has 5 nitrogen and oxygen atoms in total. The maximum Gasteiger partial charge on any atom is 0.408 e. The third kappa shape index (κ3) is 4.65. The van der Waals surface area contributed by atoms with Gasteiger partial charge in [0.1, 0.15) is 16.6 Å². The highest BCUT2D eigenvalue weighted by Crippen LogP contribution is 2.43. The summed E-state index contributed by atoms with van der Waals surface area (Å²) in [7, 11) is 0. The van der Waals surface area contributed by atoms with Gasteiger partial charge >= 0.3 is 6.09 Å². The van der Waals surface area contributed by atoms with Crippen molar-refractivity contribution in [2.24, 2.45) is 0 Å². The van der Waals surface area contributed by atoms with E-state index in [0.717, 1.165) is 30.4 Å². The van der Waals surface area contributed by atoms with Gasteiger partial charge in [0.05, 0.1) is 16.7 Å². The minimum Gasteiger partial charge on any atom is -0.444 e. The molecule has 7 heteroatoms. The van der Waals surface area contributed by atoms with Gasteiger partial charge in [-0.1, -0.05) is 54.1 Å². The Balaban J connectivity index is 1.55. The fourth-order valence-corrected chi connectivity index (χ4v) is 4.84. The van der Waals surface area contributed by atoms with E-state index in [-0.39, 0.29) is 5.82 Å². The van der Waals surface area contributed by atoms with Crippen molar-refractivity contribution in [3.8, 4) is 22.4 Å². The number of amides is 1. The van der Waals surface area contributed by atoms with Crippen LogP contribution < -0.4 is 5.32 Å². The summed E-state index contributed by atoms with van der Waals surface area (Å²) in [4.78, 5) is 21.5. The highest BCUT2D eigenvalue weighted by atomic mass is 35.5. The lowest BCUT2D eigenvalue weighted by molar-refractivity contribution is 0.0377. The molecule has 36 heavy (non-hydrogen) atoms. The van der Waals surface area contributed by atoms with Crippen molar-refractivity contribution in [2.45, 2.75) is 51.2 Å². The van der Waals surface area contributed by atoms with Gasteiger partial charge in [-0.2, -0.15) is 0 Å². The van der Waals surface area contributed by atoms with Crippen LogP contribution in [0.1, 0.15) is 45.6 Å². The van der Waals surface area contributed by atoms with E-state index in [0.29, 0.717) is 32.9 Å². The van der Waals surface area contributed by atoms with Gasteiger partial charge < -0.3 is 10.1 Å². The van der Waals surface area contributed by atoms with E-state index in [1.54, 1.807) is 30.5 Å². The first-order chi connectivity index (χ1) is 17.2. The minimum atomic E-state index is -0.567. The van der Waals surface area contributed by atoms with Crippen molar-refractivity contribution in [1.82, 2.24) is 15.3 Å². The number of carbonyl (C=O) groups is 1. The van der Waals surface area contributed by atoms with Gasteiger partial charge in [-0.15, -0.1) is 0 Å². The smallest absolute Gasteiger partial charge is 0.408 e. The number of nitrogens with one attached hydrogen (secondary N) is 1. The average Bonchev–Trinajstić information content (AvgIpc) is 2.80. The van der Waals surface area contributed by atoms with Crippen LogP contribution in [-0.4, -0.2) is 21.7 Å². The number of hydrogen-bond donors (Lipinski definition) is 1. The first-order valence-corrected chi connectivity index (χ1v) is 12.4. The number of rotatable bonds is 4. The zero-order valence-electron chi connectivity index (χ0n) is 20.4. The number of benzene rings is 2. The third-order valence-corrected chi connectivity index (χ3v) is 6.82. The van der Waals surface area contributed by atoms with E-state index < -0.39 is 17.2 Å². The molecule has 1 aliphatic carbocycles. The summed E-state index contributed by atoms with van der Waals surface area (Å²) in [6.07, 6.45) is 3.89. The summed E-state index contributed by atoms with van der Waals surface area (Å²) in [6, 6.07) is 18.2. The average molecular weight is 504 g/mol. The summed E-state index contributed by atoms with van der Waals surface area (Å²) in [5, 5.41) is 4.07. The predicted octanol–water partition coefficient (Wildman–Crippen LogP) is 7.66. The standard InChI is InChI=1S/C29H27ClFN3O2/c1-28(2,3)36-27(35)34-29(14-6-15-29)19-11-9-18(10-12-19)25-21(20-7-4-5-8-23(20)31)17-22-24(33-25)13-16-32-26(22)30/h4-5,7-13,16-17H,6,14-15H2,1-3H3,(H,34,35). The van der Waals surface area contributed by atoms with Crippen molar-refractivity contribution in [3.63, 3.8) is 0 Å². The molecule has 1 N–H and O–H groups in total. The van der Waals surface area contributed by atoms with Crippen LogP contribution in [0.4, 0.5) is 9.18 Å². The van der Waals surface area contributed by atoms with Gasteiger partial charge in [0.2, 0.25) is 0 Å². The molecule has 2 aromatic carbocycles. The Morgan fingerprint density at radius 3 is 2.42 bits per heavy atom. The van der Waals surface area contributed by atoms with Crippen molar-refractivity contribution in [1.29, 1.82) is 0 Å². The molecule has 0 unspecified atom stereocenters. The molecule has 1 amide bonds. The van der Waals surface area contributed by atoms with Crippen LogP contribution in [0.25, 0.3) is 33.3 Å². The number of fused-ring (bicyclic) bond motifs is 1. The highest BCUT2D eigenvalue weighted by molar-refractivity contribution is 6.34. The van der Waals surface area contributed by atoms with Gasteiger partial charge in [0.25, 0.3) is 0 Å². The first kappa shape index (κ1) is 24.2. The quantitative estimate of drug-likeness (QED) is 0.290. The van der Waals surface area contributed by atoms with E-state index in [1.807, 2.05) is 51.1 Å². The molecule has 5 rings (SSSR count). The number of ether oxygens (including phenoxy) is 1. The lowest BCUT2D eigenvalue weighted by atomic mass is 9.71. The summed E-state index contributed by atoms with van der Waals surface area (Å²) in [5.41, 5.74) is 3.21. The number of halogens is 2. The molecular formula is C29H27ClFN3O2. The lowest BCUT2D eigenvalue weighted by Gasteiger charge is -2.43. The molecular weight excluding hydrogens is 477 g/mol. The van der Waals surface area contributed by atoms with E-state index in [2.05, 4.69) is 10.3 Å². The van der Waals surface area contributed by atoms with Gasteiger partial charge in [-0.25, -0.2) is 19.2 Å². The van der Waals surface area contributed by atoms with E-state index >= 15 is 0 Å². The number of pyridine rings is 2. The number of nitrogens with zero attached hydrogens (tertiary/aromatic N) is 2. The highest BCUT2D eigenvalue weighted by Gasteiger charge is 2.41. The van der Waals surface area contributed by atoms with Crippen LogP contribution >= 0.6 is 11.6 Å². The van der Waals surface area contributed by atoms with Crippen molar-refractivity contribution < 1.29 is 13.9 Å². The van der Waals surface area contributed by atoms with Crippen LogP contribution in [0.15, 0.2) is 66.9 Å². The number of hydrogen-bond acceptors (Lipinski definition) is 4. The third-order valence-electron chi connectivity index (χ3n) is 6.52. The number of aromatic nitrogens is 2. The molecule has 0 radical (unpaired) electrons. The maximum absolute atomic E-state index is 14.9. The molecule has 0 bridgehead atoms. The SMILES string of the molecule is CC(C)(C)OC(=O)NC1(c2ccc(-c3nc4ccnc(Cl)c4cc3-c3ccccc3F)cc2)CCC1. The van der Waals surface area contributed by atoms with Crippen molar-refractivity contribution in [2.75, 3.05) is 0 Å². The Morgan fingerprint density at radius 2 is 1.78 bits per heavy atom. The molecule has 0 spiro atoms. The van der Waals surface area contributed by atoms with E-state index in [9.17, 15) is 9.18 Å². The van der Waals surface area contributed by atoms with Gasteiger partial charge in [-0.05, 0) is 63.8 Å². The largest absolute Gasteiger partial charge is 0.444 e. The lowest BCUT2D eigenvalue weighted by Crippen LogP contribution is -2.52. The van der Waals surface area contributed by atoms with Gasteiger partial charge in [0.15, 0.2) is 0 Å². The number of carbonyl (C=O) groups excluding carboxylic acids is 1. The molecule has 2 heterocycles. The second-order valence-electron chi connectivity index (χ2n) is 10.2. The minimum absolute atomic E-state index is 0.319. The number of alkyl carbamates (subject to hydrolysis) is 1. The summed E-state index contributed by atoms with van der Waals surface area (Å²) in [6.45, 7) is 5.55. The van der Waals surface area contributed by atoms with Crippen LogP contribution in [0, 0.1) is 5.82 Å². The molecule has 1 saturated carbocycles. The summed E-state index contributed by atoms with van der Waals surface area (Å²) < 4.78 is 20.4. The molecule has 0 atom stereocenters. The fourth-order valence-electron chi connectivity index (χ4n) is 4.63. The maximum atomic E-state index is 14.9. The molecule has 0 saturated heterocycles. The Morgan fingerprint density at radius 1 is 1.06 bits per heavy atom. The first-order valence-electron chi connectivity index (χ1n) is 12.0. The Bertz CT molecular complexity index is 1440. The van der Waals surface area contributed by atoms with E-state index in [4.69, 9.17) is 21.3 Å². The van der Waals surface area contributed by atoms with Crippen molar-refractivity contribution in [3.05, 3.63) is 83.4 Å². The molecule has 1 fully saturated rings. The second-order valence-corrected chi connectivity index (χ2v) is 10.5. The van der Waals surface area contributed by atoms with Gasteiger partial charge in [0, 0.05) is 28.3 Å². The normalized spacial score (nSPS) is 14.8. The van der Waals surface area contributed by atoms with Gasteiger partial charge in [-0.3, -0.25) is 0 Å². The molecule has 2 aromatic heterocycles. The zero-order chi connectivity index (χ0) is 25.5. The van der Waals surface area contributed by atoms with Crippen LogP contribution in [0.2, 0.25) is 5.15 Å². The van der Waals surface area contributed by atoms with Crippen LogP contribution in [0.3, 0.4) is 0 Å². The molecule has 1 aliphatic rings. The van der Waals surface area contributed by atoms with Crippen LogP contribution in [-0.2, 0) is 10.3 Å². The van der Waals surface area contributed by atoms with Crippen molar-refractivity contribution >= 4 is 28.6 Å². The zero-order valence-corrected chi connectivity index (χ0v) is 21.2. The van der Waals surface area contributed by atoms with E-state index in [1.165, 1.54) is 6.07 Å². The Kier molecular flexibility index (Phi) is 6.17. The molecule has 4 aromatic rings. The monoisotopic (exact) mass is 503 g/mol. The second kappa shape index (κ2) is 9.17. The Hall–Kier alpha value is -3.51. The Labute approximate surface area is 214 Å². The summed E-state index contributed by atoms with van der Waals surface area (Å²) >= 11 is 6.34. The van der Waals surface area contributed by atoms with Crippen LogP contribution in [0.5, 0.6) is 0 Å². The topological polar surface area (TPSA) is 64.1 Å². The predicted molar refractivity (Wildman–Crippen MR) is 140 cm³/mol. The fraction of sp³-hybridized carbons (Fsp3) is 0.276. The molecule has 0 aliphatic heterocycles.